The number of nitrogens with zero attached hydrogens (tertiary/aromatic N) is 3. The summed E-state index contributed by atoms with van der Waals surface area (Å²) in [7, 11) is -2.94. The van der Waals surface area contributed by atoms with E-state index in [4.69, 9.17) is 4.74 Å². The van der Waals surface area contributed by atoms with Gasteiger partial charge in [0.2, 0.25) is 5.88 Å². The molecule has 0 saturated carbocycles. The third-order valence-electron chi connectivity index (χ3n) is 3.78. The Bertz CT molecular complexity index is 823. The van der Waals surface area contributed by atoms with E-state index in [1.54, 1.807) is 12.3 Å². The number of nitrogens with one attached hydrogen (secondary N) is 1. The molecule has 3 rings (SSSR count). The highest BCUT2D eigenvalue weighted by molar-refractivity contribution is 7.91. The van der Waals surface area contributed by atoms with Crippen LogP contribution < -0.4 is 10.1 Å². The number of aromatic nitrogens is 3. The smallest absolute Gasteiger partial charge is 0.227 e. The maximum Gasteiger partial charge on any atom is 0.227 e. The predicted molar refractivity (Wildman–Crippen MR) is 86.5 cm³/mol. The van der Waals surface area contributed by atoms with E-state index >= 15 is 0 Å². The molecule has 0 unspecified atom stereocenters. The van der Waals surface area contributed by atoms with Gasteiger partial charge >= 0.3 is 0 Å². The van der Waals surface area contributed by atoms with Crippen molar-refractivity contribution in [2.24, 2.45) is 0 Å². The Morgan fingerprint density at radius 1 is 1.26 bits per heavy atom. The Morgan fingerprint density at radius 2 is 2.09 bits per heavy atom. The number of pyridine rings is 1. The average Bonchev–Trinajstić information content (AvgIpc) is 2.84. The Kier molecular flexibility index (Phi) is 4.16. The average molecular weight is 334 g/mol. The first-order valence-corrected chi connectivity index (χ1v) is 9.15. The maximum atomic E-state index is 11.6. The molecule has 0 radical (unpaired) electrons. The Morgan fingerprint density at radius 3 is 2.78 bits per heavy atom. The van der Waals surface area contributed by atoms with Crippen LogP contribution in [-0.4, -0.2) is 40.9 Å². The van der Waals surface area contributed by atoms with E-state index in [-0.39, 0.29) is 17.5 Å². The van der Waals surface area contributed by atoms with E-state index in [0.29, 0.717) is 23.9 Å². The van der Waals surface area contributed by atoms with Crippen molar-refractivity contribution < 1.29 is 13.2 Å². The molecule has 0 aromatic carbocycles. The van der Waals surface area contributed by atoms with Gasteiger partial charge in [0, 0.05) is 12.2 Å². The molecular formula is C15H18N4O3S. The molecule has 1 saturated heterocycles. The lowest BCUT2D eigenvalue weighted by molar-refractivity contribution is 0.451. The zero-order valence-corrected chi connectivity index (χ0v) is 13.8. The molecule has 23 heavy (non-hydrogen) atoms. The minimum absolute atomic E-state index is 0.124. The van der Waals surface area contributed by atoms with Crippen LogP contribution in [0.3, 0.4) is 0 Å². The van der Waals surface area contributed by atoms with Crippen LogP contribution in [0.1, 0.15) is 17.7 Å². The summed E-state index contributed by atoms with van der Waals surface area (Å²) in [6.07, 6.45) is 3.69. The highest BCUT2D eigenvalue weighted by Crippen LogP contribution is 2.28. The summed E-state index contributed by atoms with van der Waals surface area (Å²) >= 11 is 0. The van der Waals surface area contributed by atoms with Gasteiger partial charge in [0.25, 0.3) is 0 Å². The number of ether oxygens (including phenoxy) is 1. The van der Waals surface area contributed by atoms with Crippen molar-refractivity contribution in [3.8, 4) is 11.6 Å². The molecule has 0 spiro atoms. The minimum Gasteiger partial charge on any atom is -0.437 e. The second kappa shape index (κ2) is 6.11. The summed E-state index contributed by atoms with van der Waals surface area (Å²) in [5.41, 5.74) is 1.50. The highest BCUT2D eigenvalue weighted by atomic mass is 32.2. The standard InChI is InChI=1S/C15H18N4O3S/c1-10-14(19-12-5-7-23(20,21)8-12)17-9-18-15(10)22-13-4-3-6-16-11(13)2/h3-4,6,9,12H,5,7-8H2,1-2H3,(H,17,18,19)/t12-/m0/s1. The third-order valence-corrected chi connectivity index (χ3v) is 5.54. The summed E-state index contributed by atoms with van der Waals surface area (Å²) in [4.78, 5) is 12.5. The van der Waals surface area contributed by atoms with Gasteiger partial charge in [0.15, 0.2) is 15.6 Å². The van der Waals surface area contributed by atoms with Gasteiger partial charge in [-0.3, -0.25) is 4.98 Å². The third kappa shape index (κ3) is 3.58. The normalized spacial score (nSPS) is 19.5. The molecule has 1 N–H and O–H groups in total. The van der Waals surface area contributed by atoms with Gasteiger partial charge in [0.1, 0.15) is 12.1 Å². The van der Waals surface area contributed by atoms with Crippen molar-refractivity contribution in [3.05, 3.63) is 35.9 Å². The topological polar surface area (TPSA) is 94.1 Å². The van der Waals surface area contributed by atoms with Gasteiger partial charge in [0.05, 0.1) is 22.8 Å². The zero-order valence-electron chi connectivity index (χ0n) is 13.0. The number of aryl methyl sites for hydroxylation is 1. The minimum atomic E-state index is -2.94. The van der Waals surface area contributed by atoms with Crippen molar-refractivity contribution >= 4 is 15.7 Å². The van der Waals surface area contributed by atoms with Crippen molar-refractivity contribution in [2.75, 3.05) is 16.8 Å². The zero-order chi connectivity index (χ0) is 16.4. The molecule has 3 heterocycles. The van der Waals surface area contributed by atoms with Crippen LogP contribution in [-0.2, 0) is 9.84 Å². The Balaban J connectivity index is 1.80. The number of sulfone groups is 1. The van der Waals surface area contributed by atoms with E-state index in [0.717, 1.165) is 11.3 Å². The fourth-order valence-electron chi connectivity index (χ4n) is 2.47. The van der Waals surface area contributed by atoms with Crippen LogP contribution in [0.15, 0.2) is 24.7 Å². The van der Waals surface area contributed by atoms with E-state index in [2.05, 4.69) is 20.3 Å². The van der Waals surface area contributed by atoms with E-state index in [1.165, 1.54) is 6.33 Å². The lowest BCUT2D eigenvalue weighted by Gasteiger charge is -2.15. The monoisotopic (exact) mass is 334 g/mol. The summed E-state index contributed by atoms with van der Waals surface area (Å²) < 4.78 is 28.9. The number of anilines is 1. The fraction of sp³-hybridized carbons (Fsp3) is 0.400. The first kappa shape index (κ1) is 15.7. The lowest BCUT2D eigenvalue weighted by Crippen LogP contribution is -2.22. The van der Waals surface area contributed by atoms with Crippen LogP contribution in [0.2, 0.25) is 0 Å². The van der Waals surface area contributed by atoms with Crippen molar-refractivity contribution in [1.82, 2.24) is 15.0 Å². The quantitative estimate of drug-likeness (QED) is 0.912. The largest absolute Gasteiger partial charge is 0.437 e. The lowest BCUT2D eigenvalue weighted by atomic mass is 10.2. The van der Waals surface area contributed by atoms with Crippen LogP contribution in [0.25, 0.3) is 0 Å². The van der Waals surface area contributed by atoms with Gasteiger partial charge in [-0.25, -0.2) is 18.4 Å². The van der Waals surface area contributed by atoms with Gasteiger partial charge in [-0.2, -0.15) is 0 Å². The number of hydrogen-bond donors (Lipinski definition) is 1. The molecule has 2 aromatic rings. The first-order valence-electron chi connectivity index (χ1n) is 7.32. The van der Waals surface area contributed by atoms with Crippen LogP contribution in [0, 0.1) is 13.8 Å². The molecule has 8 heteroatoms. The number of hydrogen-bond acceptors (Lipinski definition) is 7. The van der Waals surface area contributed by atoms with E-state index in [9.17, 15) is 8.42 Å². The number of rotatable bonds is 4. The van der Waals surface area contributed by atoms with Crippen LogP contribution in [0.5, 0.6) is 11.6 Å². The SMILES string of the molecule is Cc1ncccc1Oc1ncnc(N[C@H]2CCS(=O)(=O)C2)c1C. The second-order valence-electron chi connectivity index (χ2n) is 5.59. The maximum absolute atomic E-state index is 11.6. The first-order chi connectivity index (χ1) is 10.9. The van der Waals surface area contributed by atoms with Gasteiger partial charge in [-0.05, 0) is 32.4 Å². The van der Waals surface area contributed by atoms with Gasteiger partial charge in [-0.1, -0.05) is 0 Å². The summed E-state index contributed by atoms with van der Waals surface area (Å²) in [6, 6.07) is 3.49. The van der Waals surface area contributed by atoms with Crippen LogP contribution in [0.4, 0.5) is 5.82 Å². The molecule has 122 valence electrons. The highest BCUT2D eigenvalue weighted by Gasteiger charge is 2.28. The molecular weight excluding hydrogens is 316 g/mol. The molecule has 1 atom stereocenters. The van der Waals surface area contributed by atoms with E-state index < -0.39 is 9.84 Å². The molecule has 0 aliphatic carbocycles. The van der Waals surface area contributed by atoms with Crippen molar-refractivity contribution in [1.29, 1.82) is 0 Å². The predicted octanol–water partition coefficient (Wildman–Crippen LogP) is 1.88. The van der Waals surface area contributed by atoms with Crippen molar-refractivity contribution in [3.63, 3.8) is 0 Å². The molecule has 7 nitrogen and oxygen atoms in total. The Labute approximate surface area is 135 Å². The summed E-state index contributed by atoms with van der Waals surface area (Å²) in [5.74, 6) is 2.00. The molecule has 2 aromatic heterocycles. The molecule has 1 aliphatic heterocycles. The molecule has 1 aliphatic rings. The summed E-state index contributed by atoms with van der Waals surface area (Å²) in [5, 5.41) is 3.18. The fourth-order valence-corrected chi connectivity index (χ4v) is 4.14. The molecule has 1 fully saturated rings. The second-order valence-corrected chi connectivity index (χ2v) is 7.81. The molecule has 0 amide bonds. The van der Waals surface area contributed by atoms with E-state index in [1.807, 2.05) is 19.9 Å². The van der Waals surface area contributed by atoms with Crippen molar-refractivity contribution in [2.45, 2.75) is 26.3 Å². The Hall–Kier alpha value is -2.22. The van der Waals surface area contributed by atoms with Crippen LogP contribution >= 0.6 is 0 Å². The molecule has 0 bridgehead atoms. The van der Waals surface area contributed by atoms with Gasteiger partial charge < -0.3 is 10.1 Å². The van der Waals surface area contributed by atoms with Gasteiger partial charge in [-0.15, -0.1) is 0 Å². The summed E-state index contributed by atoms with van der Waals surface area (Å²) in [6.45, 7) is 3.70.